The molecule has 3 saturated heterocycles. The molecule has 1 aromatic heterocycles. The Morgan fingerprint density at radius 3 is 2.77 bits per heavy atom. The Balaban J connectivity index is 1.72. The summed E-state index contributed by atoms with van der Waals surface area (Å²) in [7, 11) is 3.59. The Hall–Kier alpha value is -2.60. The van der Waals surface area contributed by atoms with Gasteiger partial charge in [0, 0.05) is 49.1 Å². The number of fused-ring (bicyclic) bond motifs is 4. The van der Waals surface area contributed by atoms with E-state index >= 15 is 0 Å². The number of esters is 2. The van der Waals surface area contributed by atoms with Gasteiger partial charge in [0.2, 0.25) is 0 Å². The first-order valence-electron chi connectivity index (χ1n) is 10.6. The van der Waals surface area contributed by atoms with Gasteiger partial charge in [-0.15, -0.1) is 0 Å². The molecule has 4 aliphatic heterocycles. The van der Waals surface area contributed by atoms with Crippen molar-refractivity contribution in [2.75, 3.05) is 20.3 Å². The van der Waals surface area contributed by atoms with Crippen molar-refractivity contribution in [3.63, 3.8) is 0 Å². The van der Waals surface area contributed by atoms with Crippen molar-refractivity contribution in [1.82, 2.24) is 9.47 Å². The minimum Gasteiger partial charge on any atom is -0.468 e. The second kappa shape index (κ2) is 6.71. The molecule has 5 atom stereocenters. The summed E-state index contributed by atoms with van der Waals surface area (Å²) in [6.07, 6.45) is 3.69. The van der Waals surface area contributed by atoms with Crippen LogP contribution >= 0.6 is 0 Å². The summed E-state index contributed by atoms with van der Waals surface area (Å²) < 4.78 is 13.2. The van der Waals surface area contributed by atoms with Gasteiger partial charge in [-0.3, -0.25) is 14.5 Å². The van der Waals surface area contributed by atoms with Crippen molar-refractivity contribution >= 4 is 22.8 Å². The number of rotatable bonds is 3. The van der Waals surface area contributed by atoms with Gasteiger partial charge in [-0.2, -0.15) is 0 Å². The Morgan fingerprint density at radius 2 is 2.07 bits per heavy atom. The van der Waals surface area contributed by atoms with E-state index in [1.807, 2.05) is 6.92 Å². The molecule has 2 aromatic rings. The Kier molecular flexibility index (Phi) is 4.33. The number of methoxy groups -OCH3 is 1. The lowest BCUT2D eigenvalue weighted by Crippen LogP contribution is -2.70. The fraction of sp³-hybridized carbons (Fsp3) is 0.500. The quantitative estimate of drug-likeness (QED) is 0.577. The first kappa shape index (κ1) is 19.4. The lowest BCUT2D eigenvalue weighted by atomic mass is 9.55. The van der Waals surface area contributed by atoms with Crippen LogP contribution in [0.25, 0.3) is 10.9 Å². The molecule has 0 N–H and O–H groups in total. The molecule has 30 heavy (non-hydrogen) atoms. The summed E-state index contributed by atoms with van der Waals surface area (Å²) in [5.74, 6) is -0.639. The van der Waals surface area contributed by atoms with Gasteiger partial charge in [0.05, 0.1) is 13.2 Å². The van der Waals surface area contributed by atoms with Gasteiger partial charge >= 0.3 is 11.9 Å². The molecule has 3 fully saturated rings. The van der Waals surface area contributed by atoms with Crippen molar-refractivity contribution < 1.29 is 19.1 Å². The molecule has 6 rings (SSSR count). The Bertz CT molecular complexity index is 1080. The van der Waals surface area contributed by atoms with E-state index in [-0.39, 0.29) is 36.5 Å². The van der Waals surface area contributed by atoms with Crippen LogP contribution in [0.15, 0.2) is 35.9 Å². The summed E-state index contributed by atoms with van der Waals surface area (Å²) in [5.41, 5.74) is 4.26. The van der Waals surface area contributed by atoms with Crippen LogP contribution in [0.2, 0.25) is 0 Å². The van der Waals surface area contributed by atoms with Crippen molar-refractivity contribution in [3.05, 3.63) is 47.2 Å². The van der Waals surface area contributed by atoms with Crippen LogP contribution in [-0.4, -0.2) is 47.7 Å². The third-order valence-electron chi connectivity index (χ3n) is 7.71. The second-order valence-corrected chi connectivity index (χ2v) is 8.81. The van der Waals surface area contributed by atoms with Gasteiger partial charge < -0.3 is 14.0 Å². The average molecular weight is 408 g/mol. The van der Waals surface area contributed by atoms with Crippen LogP contribution < -0.4 is 0 Å². The third kappa shape index (κ3) is 2.34. The summed E-state index contributed by atoms with van der Waals surface area (Å²) in [6, 6.07) is 8.67. The van der Waals surface area contributed by atoms with Crippen LogP contribution in [0.5, 0.6) is 0 Å². The Labute approximate surface area is 176 Å². The molecule has 4 bridgehead atoms. The zero-order valence-electron chi connectivity index (χ0n) is 18.0. The highest BCUT2D eigenvalue weighted by Crippen LogP contribution is 2.60. The molecule has 0 radical (unpaired) electrons. The molecule has 0 spiro atoms. The number of piperidine rings is 3. The first-order valence-corrected chi connectivity index (χ1v) is 10.6. The number of nitrogens with zero attached hydrogens (tertiary/aromatic N) is 2. The van der Waals surface area contributed by atoms with Gasteiger partial charge in [0.25, 0.3) is 0 Å². The van der Waals surface area contributed by atoms with E-state index < -0.39 is 5.41 Å². The van der Waals surface area contributed by atoms with E-state index in [4.69, 9.17) is 9.47 Å². The van der Waals surface area contributed by atoms with Crippen LogP contribution in [0.4, 0.5) is 0 Å². The molecule has 4 aliphatic rings. The van der Waals surface area contributed by atoms with Crippen LogP contribution in [0.1, 0.15) is 37.6 Å². The van der Waals surface area contributed by atoms with Crippen LogP contribution in [0.3, 0.4) is 0 Å². The molecule has 6 nitrogen and oxygen atoms in total. The topological polar surface area (TPSA) is 60.8 Å². The number of allylic oxidation sites excluding steroid dienone is 1. The van der Waals surface area contributed by atoms with E-state index in [2.05, 4.69) is 46.9 Å². The number of benzene rings is 1. The van der Waals surface area contributed by atoms with Crippen molar-refractivity contribution in [2.24, 2.45) is 18.4 Å². The van der Waals surface area contributed by atoms with E-state index in [1.165, 1.54) is 41.8 Å². The lowest BCUT2D eigenvalue weighted by Gasteiger charge is -2.62. The van der Waals surface area contributed by atoms with Crippen LogP contribution in [-0.2, 0) is 32.5 Å². The van der Waals surface area contributed by atoms with Gasteiger partial charge in [-0.05, 0) is 31.4 Å². The molecular weight excluding hydrogens is 380 g/mol. The number of hydrogen-bond donors (Lipinski definition) is 0. The molecule has 158 valence electrons. The SMILES string of the molecule is C/C=C1\CN2C3CC1C(COC(C)=O)(C(=O)OC)C2Cc1c3n(C)c2ccccc12. The smallest absolute Gasteiger partial charge is 0.317 e. The molecule has 6 heteroatoms. The highest BCUT2D eigenvalue weighted by molar-refractivity contribution is 5.87. The number of aryl methyl sites for hydroxylation is 1. The molecule has 5 unspecified atom stereocenters. The fourth-order valence-corrected chi connectivity index (χ4v) is 6.47. The van der Waals surface area contributed by atoms with Gasteiger partial charge in [0.1, 0.15) is 12.0 Å². The highest BCUT2D eigenvalue weighted by atomic mass is 16.5. The summed E-state index contributed by atoms with van der Waals surface area (Å²) >= 11 is 0. The predicted molar refractivity (Wildman–Crippen MR) is 113 cm³/mol. The largest absolute Gasteiger partial charge is 0.468 e. The standard InChI is InChI=1S/C24H28N2O4/c1-5-15-12-26-20-11-18(15)24(23(28)29-4,13-30-14(2)27)21(26)10-17-16-8-6-7-9-19(16)25(3)22(17)20/h5-9,18,20-21H,10-13H2,1-4H3/b15-5+. The first-order chi connectivity index (χ1) is 14.4. The summed E-state index contributed by atoms with van der Waals surface area (Å²) in [4.78, 5) is 27.6. The monoisotopic (exact) mass is 408 g/mol. The molecule has 0 amide bonds. The molecule has 5 heterocycles. The van der Waals surface area contributed by atoms with Crippen molar-refractivity contribution in [1.29, 1.82) is 0 Å². The maximum absolute atomic E-state index is 13.4. The minimum atomic E-state index is -0.883. The number of carbonyl (C=O) groups is 2. The van der Waals surface area contributed by atoms with Crippen molar-refractivity contribution in [2.45, 2.75) is 38.8 Å². The third-order valence-corrected chi connectivity index (χ3v) is 7.71. The normalized spacial score (nSPS) is 32.9. The Morgan fingerprint density at radius 1 is 1.30 bits per heavy atom. The molecule has 0 saturated carbocycles. The summed E-state index contributed by atoms with van der Waals surface area (Å²) in [6.45, 7) is 4.33. The van der Waals surface area contributed by atoms with E-state index in [9.17, 15) is 9.59 Å². The maximum Gasteiger partial charge on any atom is 0.317 e. The van der Waals surface area contributed by atoms with E-state index in [0.717, 1.165) is 19.4 Å². The molecule has 0 aliphatic carbocycles. The second-order valence-electron chi connectivity index (χ2n) is 8.81. The number of aromatic nitrogens is 1. The predicted octanol–water partition coefficient (Wildman–Crippen LogP) is 3.15. The fourth-order valence-electron chi connectivity index (χ4n) is 6.47. The van der Waals surface area contributed by atoms with E-state index in [0.29, 0.717) is 0 Å². The zero-order chi connectivity index (χ0) is 21.2. The van der Waals surface area contributed by atoms with Gasteiger partial charge in [-0.25, -0.2) is 0 Å². The zero-order valence-corrected chi connectivity index (χ0v) is 18.0. The number of hydrogen-bond acceptors (Lipinski definition) is 5. The lowest BCUT2D eigenvalue weighted by molar-refractivity contribution is -0.188. The number of carbonyl (C=O) groups excluding carboxylic acids is 2. The molecular formula is C24H28N2O4. The van der Waals surface area contributed by atoms with Gasteiger partial charge in [0.15, 0.2) is 0 Å². The maximum atomic E-state index is 13.4. The van der Waals surface area contributed by atoms with Crippen molar-refractivity contribution in [3.8, 4) is 0 Å². The van der Waals surface area contributed by atoms with E-state index in [1.54, 1.807) is 0 Å². The number of ether oxygens (including phenoxy) is 2. The number of para-hydroxylation sites is 1. The summed E-state index contributed by atoms with van der Waals surface area (Å²) in [5, 5.41) is 1.25. The van der Waals surface area contributed by atoms with Gasteiger partial charge in [-0.1, -0.05) is 29.8 Å². The average Bonchev–Trinajstić information content (AvgIpc) is 3.04. The molecule has 1 aromatic carbocycles. The highest BCUT2D eigenvalue weighted by Gasteiger charge is 2.65. The minimum absolute atomic E-state index is 0.000428. The van der Waals surface area contributed by atoms with Crippen LogP contribution in [0, 0.1) is 11.3 Å².